The highest BCUT2D eigenvalue weighted by atomic mass is 32.2. The molecule has 0 aliphatic heterocycles. The number of aliphatic carboxylic acids is 1. The number of carbonyl (C=O) groups is 3. The van der Waals surface area contributed by atoms with Gasteiger partial charge in [0.2, 0.25) is 11.8 Å². The Kier molecular flexibility index (Phi) is 12.0. The minimum Gasteiger partial charge on any atom is -0.480 e. The Bertz CT molecular complexity index is 594. The van der Waals surface area contributed by atoms with Gasteiger partial charge in [-0.3, -0.25) is 18.8 Å². The molecule has 162 valence electrons. The van der Waals surface area contributed by atoms with Gasteiger partial charge in [-0.2, -0.15) is 0 Å². The third-order valence-corrected chi connectivity index (χ3v) is 4.67. The zero-order valence-electron chi connectivity index (χ0n) is 16.5. The minimum atomic E-state index is -1.20. The first-order chi connectivity index (χ1) is 13.0. The van der Waals surface area contributed by atoms with Gasteiger partial charge < -0.3 is 32.9 Å². The fourth-order valence-corrected chi connectivity index (χ4v) is 2.83. The predicted octanol–water partition coefficient (Wildman–Crippen LogP) is -2.15. The highest BCUT2D eigenvalue weighted by molar-refractivity contribution is 7.84. The van der Waals surface area contributed by atoms with Gasteiger partial charge in [-0.25, -0.2) is 4.79 Å². The molecule has 4 atom stereocenters. The monoisotopic (exact) mass is 420 g/mol. The zero-order chi connectivity index (χ0) is 21.9. The quantitative estimate of drug-likeness (QED) is 0.110. The maximum atomic E-state index is 12.5. The molecule has 11 nitrogen and oxygen atoms in total. The molecule has 0 fully saturated rings. The number of rotatable bonds is 13. The van der Waals surface area contributed by atoms with E-state index in [1.54, 1.807) is 13.8 Å². The summed E-state index contributed by atoms with van der Waals surface area (Å²) in [5.41, 5.74) is 16.2. The average Bonchev–Trinajstić information content (AvgIpc) is 2.58. The lowest BCUT2D eigenvalue weighted by Gasteiger charge is -2.25. The molecular weight excluding hydrogens is 388 g/mol. The zero-order valence-corrected chi connectivity index (χ0v) is 17.3. The molecule has 12 heteroatoms. The van der Waals surface area contributed by atoms with Crippen molar-refractivity contribution in [3.8, 4) is 0 Å². The van der Waals surface area contributed by atoms with Crippen molar-refractivity contribution in [3.63, 3.8) is 0 Å². The maximum Gasteiger partial charge on any atom is 0.326 e. The first kappa shape index (κ1) is 25.8. The van der Waals surface area contributed by atoms with E-state index in [-0.39, 0.29) is 37.0 Å². The lowest BCUT2D eigenvalue weighted by molar-refractivity contribution is -0.142. The second-order valence-electron chi connectivity index (χ2n) is 6.75. The van der Waals surface area contributed by atoms with E-state index in [9.17, 15) is 23.7 Å². The molecule has 2 amide bonds. The van der Waals surface area contributed by atoms with Crippen LogP contribution in [-0.4, -0.2) is 69.7 Å². The van der Waals surface area contributed by atoms with Crippen LogP contribution in [0.5, 0.6) is 0 Å². The maximum absolute atomic E-state index is 12.5. The predicted molar refractivity (Wildman–Crippen MR) is 108 cm³/mol. The van der Waals surface area contributed by atoms with Crippen molar-refractivity contribution in [1.82, 2.24) is 10.6 Å². The van der Waals surface area contributed by atoms with Crippen molar-refractivity contribution in [1.29, 1.82) is 0 Å². The molecule has 0 aliphatic carbocycles. The van der Waals surface area contributed by atoms with Gasteiger partial charge in [-0.15, -0.1) is 0 Å². The topological polar surface area (TPSA) is 203 Å². The largest absolute Gasteiger partial charge is 0.480 e. The van der Waals surface area contributed by atoms with Gasteiger partial charge in [-0.05, 0) is 25.2 Å². The number of aliphatic imine (C=N–C) groups is 1. The van der Waals surface area contributed by atoms with Crippen LogP contribution in [0.25, 0.3) is 0 Å². The van der Waals surface area contributed by atoms with Gasteiger partial charge in [0.15, 0.2) is 5.96 Å². The molecule has 0 spiro atoms. The van der Waals surface area contributed by atoms with E-state index in [2.05, 4.69) is 15.6 Å². The first-order valence-corrected chi connectivity index (χ1v) is 10.6. The smallest absolute Gasteiger partial charge is 0.326 e. The fraction of sp³-hybridized carbons (Fsp3) is 0.750. The fourth-order valence-electron chi connectivity index (χ4n) is 2.24. The Balaban J connectivity index is 4.88. The summed E-state index contributed by atoms with van der Waals surface area (Å²) >= 11 is 0. The third kappa shape index (κ3) is 10.8. The summed E-state index contributed by atoms with van der Waals surface area (Å²) < 4.78 is 11.1. The molecule has 4 unspecified atom stereocenters. The van der Waals surface area contributed by atoms with Crippen LogP contribution >= 0.6 is 0 Å². The van der Waals surface area contributed by atoms with Crippen LogP contribution < -0.4 is 27.8 Å². The van der Waals surface area contributed by atoms with Crippen molar-refractivity contribution in [2.45, 2.75) is 51.2 Å². The first-order valence-electron chi connectivity index (χ1n) is 8.90. The number of hydrogen-bond acceptors (Lipinski definition) is 6. The number of nitrogens with zero attached hydrogens (tertiary/aromatic N) is 1. The number of nitrogens with two attached hydrogens (primary N) is 3. The van der Waals surface area contributed by atoms with Crippen LogP contribution in [0.4, 0.5) is 0 Å². The Morgan fingerprint density at radius 3 is 2.18 bits per heavy atom. The van der Waals surface area contributed by atoms with Crippen LogP contribution in [0.2, 0.25) is 0 Å². The molecule has 0 aliphatic rings. The van der Waals surface area contributed by atoms with E-state index < -0.39 is 46.7 Å². The summed E-state index contributed by atoms with van der Waals surface area (Å²) in [5.74, 6) is -2.50. The lowest BCUT2D eigenvalue weighted by Crippen LogP contribution is -2.56. The molecule has 0 saturated heterocycles. The molecule has 0 aromatic rings. The lowest BCUT2D eigenvalue weighted by atomic mass is 10.0. The van der Waals surface area contributed by atoms with Gasteiger partial charge in [0, 0.05) is 29.4 Å². The van der Waals surface area contributed by atoms with Crippen molar-refractivity contribution in [2.24, 2.45) is 28.1 Å². The summed E-state index contributed by atoms with van der Waals surface area (Å²) in [4.78, 5) is 39.9. The van der Waals surface area contributed by atoms with Gasteiger partial charge in [0.05, 0.1) is 6.04 Å². The summed E-state index contributed by atoms with van der Waals surface area (Å²) in [7, 11) is -1.08. The number of carbonyl (C=O) groups excluding carboxylic acids is 2. The summed E-state index contributed by atoms with van der Waals surface area (Å²) in [5, 5.41) is 14.3. The van der Waals surface area contributed by atoms with E-state index in [4.69, 9.17) is 17.2 Å². The molecular formula is C16H32N6O5S. The second kappa shape index (κ2) is 13.0. The van der Waals surface area contributed by atoms with Gasteiger partial charge in [0.25, 0.3) is 0 Å². The summed E-state index contributed by atoms with van der Waals surface area (Å²) in [6, 6.07) is -3.01. The van der Waals surface area contributed by atoms with E-state index >= 15 is 0 Å². The average molecular weight is 421 g/mol. The van der Waals surface area contributed by atoms with Crippen LogP contribution in [-0.2, 0) is 25.2 Å². The Morgan fingerprint density at radius 2 is 1.71 bits per heavy atom. The Hall–Kier alpha value is -2.21. The molecule has 0 saturated carbocycles. The van der Waals surface area contributed by atoms with Crippen molar-refractivity contribution in [3.05, 3.63) is 0 Å². The van der Waals surface area contributed by atoms with Crippen LogP contribution in [0.15, 0.2) is 4.99 Å². The minimum absolute atomic E-state index is 0.0956. The molecule has 0 radical (unpaired) electrons. The standard InChI is InChI=1S/C16H32N6O5S/c1-9(2)12(22-13(23)10(17)6-8-28(3)27)14(24)21-11(15(25)26)5-4-7-20-16(18)19/h9-12H,4-8,17H2,1-3H3,(H,21,24)(H,22,23)(H,25,26)(H4,18,19,20). The number of carboxylic acid groups (broad SMARTS) is 1. The number of amides is 2. The van der Waals surface area contributed by atoms with E-state index in [0.717, 1.165) is 0 Å². The number of hydrogen-bond donors (Lipinski definition) is 6. The number of nitrogens with one attached hydrogen (secondary N) is 2. The van der Waals surface area contributed by atoms with Crippen LogP contribution in [0.1, 0.15) is 33.1 Å². The van der Waals surface area contributed by atoms with Gasteiger partial charge in [-0.1, -0.05) is 13.8 Å². The highest BCUT2D eigenvalue weighted by Gasteiger charge is 2.29. The van der Waals surface area contributed by atoms with E-state index in [1.165, 1.54) is 6.26 Å². The van der Waals surface area contributed by atoms with Crippen LogP contribution in [0, 0.1) is 5.92 Å². The number of carboxylic acids is 1. The molecule has 0 rings (SSSR count). The highest BCUT2D eigenvalue weighted by Crippen LogP contribution is 2.06. The van der Waals surface area contributed by atoms with Crippen molar-refractivity contribution >= 4 is 34.5 Å². The second-order valence-corrected chi connectivity index (χ2v) is 8.31. The van der Waals surface area contributed by atoms with Crippen LogP contribution in [0.3, 0.4) is 0 Å². The molecule has 0 heterocycles. The molecule has 9 N–H and O–H groups in total. The van der Waals surface area contributed by atoms with Crippen molar-refractivity contribution in [2.75, 3.05) is 18.6 Å². The van der Waals surface area contributed by atoms with E-state index in [1.807, 2.05) is 0 Å². The normalized spacial score (nSPS) is 15.2. The summed E-state index contributed by atoms with van der Waals surface area (Å²) in [6.07, 6.45) is 2.20. The Labute approximate surface area is 167 Å². The molecule has 28 heavy (non-hydrogen) atoms. The number of guanidine groups is 1. The van der Waals surface area contributed by atoms with Gasteiger partial charge in [0.1, 0.15) is 12.1 Å². The third-order valence-electron chi connectivity index (χ3n) is 3.86. The summed E-state index contributed by atoms with van der Waals surface area (Å²) in [6.45, 7) is 3.66. The van der Waals surface area contributed by atoms with Gasteiger partial charge >= 0.3 is 5.97 Å². The van der Waals surface area contributed by atoms with Crippen molar-refractivity contribution < 1.29 is 23.7 Å². The Morgan fingerprint density at radius 1 is 1.11 bits per heavy atom. The molecule has 0 aromatic heterocycles. The SMILES string of the molecule is CC(C)C(NC(=O)C(N)CCS(C)=O)C(=O)NC(CCCN=C(N)N)C(=O)O. The van der Waals surface area contributed by atoms with E-state index in [0.29, 0.717) is 6.42 Å². The molecule has 0 bridgehead atoms. The molecule has 0 aromatic carbocycles.